The van der Waals surface area contributed by atoms with Crippen molar-refractivity contribution in [2.45, 2.75) is 52.2 Å². The van der Waals surface area contributed by atoms with E-state index in [1.807, 2.05) is 11.8 Å². The van der Waals surface area contributed by atoms with Crippen LogP contribution in [-0.2, 0) is 4.79 Å². The minimum Gasteiger partial charge on any atom is -0.393 e. The maximum atomic E-state index is 12.6. The number of hydrogen-bond acceptors (Lipinski definition) is 3. The number of rotatable bonds is 1. The van der Waals surface area contributed by atoms with Crippen LogP contribution in [0, 0.1) is 11.3 Å². The van der Waals surface area contributed by atoms with Crippen LogP contribution in [0.4, 0.5) is 0 Å². The minimum atomic E-state index is -0.249. The van der Waals surface area contributed by atoms with E-state index in [2.05, 4.69) is 19.2 Å². The van der Waals surface area contributed by atoms with E-state index >= 15 is 0 Å². The molecule has 4 heteroatoms. The standard InChI is InChI=1S/C14H26N2O2/c1-10-9-16(8-5-11(10)17)13(18)12-14(2,3)6-4-7-15-12/h10-12,15,17H,4-9H2,1-3H3. The first-order valence-corrected chi connectivity index (χ1v) is 7.12. The summed E-state index contributed by atoms with van der Waals surface area (Å²) < 4.78 is 0. The molecule has 0 spiro atoms. The van der Waals surface area contributed by atoms with Crippen LogP contribution in [0.2, 0.25) is 0 Å². The SMILES string of the molecule is CC1CN(C(=O)C2NCCCC2(C)C)CCC1O. The van der Waals surface area contributed by atoms with Gasteiger partial charge in [-0.15, -0.1) is 0 Å². The molecule has 2 saturated heterocycles. The van der Waals surface area contributed by atoms with Crippen LogP contribution in [0.5, 0.6) is 0 Å². The number of nitrogens with zero attached hydrogens (tertiary/aromatic N) is 1. The Morgan fingerprint density at radius 2 is 2.17 bits per heavy atom. The molecule has 104 valence electrons. The zero-order valence-corrected chi connectivity index (χ0v) is 11.8. The number of aliphatic hydroxyl groups is 1. The second kappa shape index (κ2) is 5.17. The number of carbonyl (C=O) groups is 1. The number of hydrogen-bond donors (Lipinski definition) is 2. The third-order valence-corrected chi connectivity index (χ3v) is 4.55. The van der Waals surface area contributed by atoms with Crippen LogP contribution in [0.15, 0.2) is 0 Å². The second-order valence-corrected chi connectivity index (χ2v) is 6.60. The van der Waals surface area contributed by atoms with Crippen molar-refractivity contribution in [2.24, 2.45) is 11.3 Å². The summed E-state index contributed by atoms with van der Waals surface area (Å²) in [5, 5.41) is 13.1. The smallest absolute Gasteiger partial charge is 0.240 e. The Balaban J connectivity index is 2.02. The van der Waals surface area contributed by atoms with Crippen molar-refractivity contribution in [2.75, 3.05) is 19.6 Å². The molecule has 3 atom stereocenters. The van der Waals surface area contributed by atoms with Gasteiger partial charge < -0.3 is 15.3 Å². The summed E-state index contributed by atoms with van der Waals surface area (Å²) in [5.41, 5.74) is 0.0363. The van der Waals surface area contributed by atoms with Gasteiger partial charge in [-0.3, -0.25) is 4.79 Å². The molecule has 2 aliphatic heterocycles. The van der Waals surface area contributed by atoms with Gasteiger partial charge in [0.2, 0.25) is 5.91 Å². The van der Waals surface area contributed by atoms with Gasteiger partial charge in [-0.05, 0) is 37.1 Å². The molecule has 1 amide bonds. The summed E-state index contributed by atoms with van der Waals surface area (Å²) in [7, 11) is 0. The maximum absolute atomic E-state index is 12.6. The van der Waals surface area contributed by atoms with E-state index in [-0.39, 0.29) is 29.4 Å². The Morgan fingerprint density at radius 3 is 2.78 bits per heavy atom. The van der Waals surface area contributed by atoms with E-state index in [0.717, 1.165) is 19.4 Å². The summed E-state index contributed by atoms with van der Waals surface area (Å²) in [6.07, 6.45) is 2.70. The van der Waals surface area contributed by atoms with Crippen LogP contribution in [0.25, 0.3) is 0 Å². The summed E-state index contributed by atoms with van der Waals surface area (Å²) in [6.45, 7) is 8.68. The summed E-state index contributed by atoms with van der Waals surface area (Å²) in [6, 6.07) is -0.0614. The van der Waals surface area contributed by atoms with Crippen molar-refractivity contribution >= 4 is 5.91 Å². The number of likely N-dealkylation sites (tertiary alicyclic amines) is 1. The summed E-state index contributed by atoms with van der Waals surface area (Å²) >= 11 is 0. The summed E-state index contributed by atoms with van der Waals surface area (Å²) in [5.74, 6) is 0.410. The molecular formula is C14H26N2O2. The van der Waals surface area contributed by atoms with E-state index in [4.69, 9.17) is 0 Å². The Morgan fingerprint density at radius 1 is 1.44 bits per heavy atom. The largest absolute Gasteiger partial charge is 0.393 e. The molecule has 3 unspecified atom stereocenters. The Hall–Kier alpha value is -0.610. The fourth-order valence-electron chi connectivity index (χ4n) is 3.15. The van der Waals surface area contributed by atoms with Gasteiger partial charge in [0.1, 0.15) is 0 Å². The number of aliphatic hydroxyl groups excluding tert-OH is 1. The molecule has 2 N–H and O–H groups in total. The van der Waals surface area contributed by atoms with Crippen LogP contribution < -0.4 is 5.32 Å². The number of amides is 1. The van der Waals surface area contributed by atoms with Crippen LogP contribution in [0.3, 0.4) is 0 Å². The molecule has 0 aromatic carbocycles. The van der Waals surface area contributed by atoms with Crippen molar-refractivity contribution in [1.82, 2.24) is 10.2 Å². The minimum absolute atomic E-state index is 0.0363. The van der Waals surface area contributed by atoms with Crippen LogP contribution in [0.1, 0.15) is 40.0 Å². The quantitative estimate of drug-likeness (QED) is 0.734. The van der Waals surface area contributed by atoms with Gasteiger partial charge in [0.15, 0.2) is 0 Å². The van der Waals surface area contributed by atoms with E-state index in [9.17, 15) is 9.90 Å². The highest BCUT2D eigenvalue weighted by Crippen LogP contribution is 2.32. The third kappa shape index (κ3) is 2.69. The van der Waals surface area contributed by atoms with Gasteiger partial charge in [-0.25, -0.2) is 0 Å². The van der Waals surface area contributed by atoms with E-state index in [1.54, 1.807) is 0 Å². The molecule has 2 heterocycles. The van der Waals surface area contributed by atoms with Gasteiger partial charge in [0, 0.05) is 13.1 Å². The Kier molecular flexibility index (Phi) is 3.97. The lowest BCUT2D eigenvalue weighted by Gasteiger charge is -2.43. The first-order valence-electron chi connectivity index (χ1n) is 7.12. The molecule has 0 saturated carbocycles. The second-order valence-electron chi connectivity index (χ2n) is 6.60. The van der Waals surface area contributed by atoms with E-state index in [0.29, 0.717) is 19.5 Å². The Bertz CT molecular complexity index is 317. The molecule has 4 nitrogen and oxygen atoms in total. The van der Waals surface area contributed by atoms with Gasteiger partial charge >= 0.3 is 0 Å². The predicted octanol–water partition coefficient (Wildman–Crippen LogP) is 0.994. The lowest BCUT2D eigenvalue weighted by atomic mass is 9.76. The van der Waals surface area contributed by atoms with E-state index in [1.165, 1.54) is 0 Å². The van der Waals surface area contributed by atoms with Crippen molar-refractivity contribution in [3.63, 3.8) is 0 Å². The Labute approximate surface area is 110 Å². The third-order valence-electron chi connectivity index (χ3n) is 4.55. The fraction of sp³-hybridized carbons (Fsp3) is 0.929. The van der Waals surface area contributed by atoms with Crippen molar-refractivity contribution in [3.8, 4) is 0 Å². The first-order chi connectivity index (χ1) is 8.42. The molecular weight excluding hydrogens is 228 g/mol. The average molecular weight is 254 g/mol. The van der Waals surface area contributed by atoms with Gasteiger partial charge in [-0.1, -0.05) is 20.8 Å². The van der Waals surface area contributed by atoms with Crippen LogP contribution >= 0.6 is 0 Å². The zero-order valence-electron chi connectivity index (χ0n) is 11.8. The first kappa shape index (κ1) is 13.8. The molecule has 2 rings (SSSR count). The molecule has 0 aromatic rings. The van der Waals surface area contributed by atoms with Gasteiger partial charge in [0.05, 0.1) is 12.1 Å². The molecule has 18 heavy (non-hydrogen) atoms. The van der Waals surface area contributed by atoms with Crippen molar-refractivity contribution < 1.29 is 9.90 Å². The average Bonchev–Trinajstić information content (AvgIpc) is 2.31. The summed E-state index contributed by atoms with van der Waals surface area (Å²) in [4.78, 5) is 14.5. The van der Waals surface area contributed by atoms with Crippen LogP contribution in [-0.4, -0.2) is 47.7 Å². The predicted molar refractivity (Wildman–Crippen MR) is 71.2 cm³/mol. The van der Waals surface area contributed by atoms with Gasteiger partial charge in [-0.2, -0.15) is 0 Å². The zero-order chi connectivity index (χ0) is 13.3. The lowest BCUT2D eigenvalue weighted by molar-refractivity contribution is -0.140. The molecule has 0 radical (unpaired) electrons. The number of piperidine rings is 2. The topological polar surface area (TPSA) is 52.6 Å². The highest BCUT2D eigenvalue weighted by atomic mass is 16.3. The molecule has 2 aliphatic rings. The number of nitrogens with one attached hydrogen (secondary N) is 1. The molecule has 2 fully saturated rings. The fourth-order valence-corrected chi connectivity index (χ4v) is 3.15. The van der Waals surface area contributed by atoms with Gasteiger partial charge in [0.25, 0.3) is 0 Å². The normalized spacial score (nSPS) is 36.4. The van der Waals surface area contributed by atoms with Crippen molar-refractivity contribution in [3.05, 3.63) is 0 Å². The lowest BCUT2D eigenvalue weighted by Crippen LogP contribution is -2.58. The highest BCUT2D eigenvalue weighted by molar-refractivity contribution is 5.83. The molecule has 0 bridgehead atoms. The monoisotopic (exact) mass is 254 g/mol. The maximum Gasteiger partial charge on any atom is 0.240 e. The van der Waals surface area contributed by atoms with Crippen molar-refractivity contribution in [1.29, 1.82) is 0 Å². The highest BCUT2D eigenvalue weighted by Gasteiger charge is 2.40. The molecule has 0 aromatic heterocycles. The molecule has 0 aliphatic carbocycles. The van der Waals surface area contributed by atoms with E-state index < -0.39 is 0 Å². The number of carbonyl (C=O) groups excluding carboxylic acids is 1.